The van der Waals surface area contributed by atoms with E-state index < -0.39 is 0 Å². The van der Waals surface area contributed by atoms with E-state index in [4.69, 9.17) is 0 Å². The quantitative estimate of drug-likeness (QED) is 0.806. The van der Waals surface area contributed by atoms with E-state index >= 15 is 0 Å². The summed E-state index contributed by atoms with van der Waals surface area (Å²) in [6.07, 6.45) is 5.11. The van der Waals surface area contributed by atoms with Gasteiger partial charge in [0, 0.05) is 5.92 Å². The lowest BCUT2D eigenvalue weighted by atomic mass is 9.75. The van der Waals surface area contributed by atoms with Crippen LogP contribution in [0.5, 0.6) is 0 Å². The predicted molar refractivity (Wildman–Crippen MR) is 88.6 cm³/mol. The van der Waals surface area contributed by atoms with E-state index in [2.05, 4.69) is 24.9 Å². The van der Waals surface area contributed by atoms with E-state index in [9.17, 15) is 4.79 Å². The van der Waals surface area contributed by atoms with Crippen molar-refractivity contribution in [2.45, 2.75) is 46.0 Å². The molecule has 21 heavy (non-hydrogen) atoms. The standard InChI is InChI=1S/C18H23NOS/c1-12(2)13-7-9-14(10-8-13)16(20)11-18-19-15-5-3-4-6-17(15)21-18/h3-6,12-14H,7-11H2,1-2H3. The lowest BCUT2D eigenvalue weighted by Gasteiger charge is -2.29. The van der Waals surface area contributed by atoms with Gasteiger partial charge in [0.25, 0.3) is 0 Å². The van der Waals surface area contributed by atoms with Crippen molar-refractivity contribution in [3.63, 3.8) is 0 Å². The van der Waals surface area contributed by atoms with Gasteiger partial charge >= 0.3 is 0 Å². The minimum absolute atomic E-state index is 0.270. The first-order valence-electron chi connectivity index (χ1n) is 8.00. The molecule has 0 aliphatic heterocycles. The molecule has 1 aromatic carbocycles. The van der Waals surface area contributed by atoms with Gasteiger partial charge in [-0.2, -0.15) is 0 Å². The highest BCUT2D eigenvalue weighted by Gasteiger charge is 2.27. The highest BCUT2D eigenvalue weighted by atomic mass is 32.1. The average Bonchev–Trinajstić information content (AvgIpc) is 2.89. The lowest BCUT2D eigenvalue weighted by molar-refractivity contribution is -0.123. The third-order valence-electron chi connectivity index (χ3n) is 4.83. The Kier molecular flexibility index (Phi) is 4.39. The summed E-state index contributed by atoms with van der Waals surface area (Å²) < 4.78 is 1.18. The van der Waals surface area contributed by atoms with Crippen molar-refractivity contribution in [2.24, 2.45) is 17.8 Å². The molecule has 2 nitrogen and oxygen atoms in total. The zero-order valence-corrected chi connectivity index (χ0v) is 13.7. The van der Waals surface area contributed by atoms with Crippen LogP contribution in [-0.4, -0.2) is 10.8 Å². The summed E-state index contributed by atoms with van der Waals surface area (Å²) in [4.78, 5) is 17.1. The number of hydrogen-bond donors (Lipinski definition) is 0. The molecular weight excluding hydrogens is 278 g/mol. The molecule has 0 unspecified atom stereocenters. The number of benzene rings is 1. The van der Waals surface area contributed by atoms with E-state index in [1.807, 2.05) is 18.2 Å². The molecule has 0 radical (unpaired) electrons. The van der Waals surface area contributed by atoms with Crippen molar-refractivity contribution in [2.75, 3.05) is 0 Å². The number of rotatable bonds is 4. The van der Waals surface area contributed by atoms with E-state index in [1.165, 1.54) is 17.5 Å². The van der Waals surface area contributed by atoms with Crippen LogP contribution in [0.3, 0.4) is 0 Å². The summed E-state index contributed by atoms with van der Waals surface area (Å²) >= 11 is 1.66. The summed E-state index contributed by atoms with van der Waals surface area (Å²) in [5.41, 5.74) is 1.02. The number of carbonyl (C=O) groups is 1. The molecule has 3 heteroatoms. The third-order valence-corrected chi connectivity index (χ3v) is 5.87. The van der Waals surface area contributed by atoms with Gasteiger partial charge in [-0.15, -0.1) is 11.3 Å². The smallest absolute Gasteiger partial charge is 0.142 e. The maximum Gasteiger partial charge on any atom is 0.142 e. The fraction of sp³-hybridized carbons (Fsp3) is 0.556. The summed E-state index contributed by atoms with van der Waals surface area (Å²) in [7, 11) is 0. The number of nitrogens with zero attached hydrogens (tertiary/aromatic N) is 1. The van der Waals surface area contributed by atoms with Crippen LogP contribution in [0, 0.1) is 17.8 Å². The van der Waals surface area contributed by atoms with Gasteiger partial charge in [-0.05, 0) is 49.7 Å². The average molecular weight is 301 g/mol. The molecule has 1 fully saturated rings. The number of ketones is 1. The molecule has 0 amide bonds. The minimum Gasteiger partial charge on any atom is -0.299 e. The number of Topliss-reactive ketones (excluding diaryl/α,β-unsaturated/α-hetero) is 1. The SMILES string of the molecule is CC(C)C1CCC(C(=O)Cc2nc3ccccc3s2)CC1. The van der Waals surface area contributed by atoms with E-state index in [-0.39, 0.29) is 5.92 Å². The van der Waals surface area contributed by atoms with E-state index in [0.29, 0.717) is 12.2 Å². The maximum atomic E-state index is 12.5. The van der Waals surface area contributed by atoms with Crippen LogP contribution in [0.2, 0.25) is 0 Å². The first-order valence-corrected chi connectivity index (χ1v) is 8.82. The summed E-state index contributed by atoms with van der Waals surface area (Å²) in [5.74, 6) is 2.24. The second-order valence-electron chi connectivity index (χ2n) is 6.57. The first kappa shape index (κ1) is 14.7. The lowest BCUT2D eigenvalue weighted by Crippen LogP contribution is -2.25. The molecule has 3 rings (SSSR count). The van der Waals surface area contributed by atoms with Crippen LogP contribution in [0.15, 0.2) is 24.3 Å². The molecule has 0 atom stereocenters. The van der Waals surface area contributed by atoms with Crippen LogP contribution in [-0.2, 0) is 11.2 Å². The Morgan fingerprint density at radius 1 is 1.24 bits per heavy atom. The second kappa shape index (κ2) is 6.27. The van der Waals surface area contributed by atoms with Crippen molar-refractivity contribution in [1.29, 1.82) is 0 Å². The molecule has 1 aromatic heterocycles. The number of fused-ring (bicyclic) bond motifs is 1. The number of aromatic nitrogens is 1. The van der Waals surface area contributed by atoms with Crippen molar-refractivity contribution in [3.05, 3.63) is 29.3 Å². The van der Waals surface area contributed by atoms with Crippen LogP contribution in [0.1, 0.15) is 44.5 Å². The number of hydrogen-bond acceptors (Lipinski definition) is 3. The molecule has 1 aliphatic carbocycles. The van der Waals surface area contributed by atoms with Crippen molar-refractivity contribution >= 4 is 27.3 Å². The molecular formula is C18H23NOS. The molecule has 2 aromatic rings. The molecule has 112 valence electrons. The molecule has 1 aliphatic rings. The van der Waals surface area contributed by atoms with Gasteiger partial charge in [0.15, 0.2) is 0 Å². The van der Waals surface area contributed by atoms with Crippen molar-refractivity contribution in [3.8, 4) is 0 Å². The monoisotopic (exact) mass is 301 g/mol. The fourth-order valence-corrected chi connectivity index (χ4v) is 4.37. The van der Waals surface area contributed by atoms with Crippen LogP contribution in [0.25, 0.3) is 10.2 Å². The Bertz CT molecular complexity index is 590. The molecule has 0 bridgehead atoms. The molecule has 0 spiro atoms. The predicted octanol–water partition coefficient (Wildman–Crippen LogP) is 4.87. The topological polar surface area (TPSA) is 30.0 Å². The second-order valence-corrected chi connectivity index (χ2v) is 7.69. The zero-order valence-electron chi connectivity index (χ0n) is 12.8. The molecule has 0 saturated heterocycles. The van der Waals surface area contributed by atoms with Crippen molar-refractivity contribution < 1.29 is 4.79 Å². The Labute approximate surface area is 130 Å². The normalized spacial score (nSPS) is 22.8. The van der Waals surface area contributed by atoms with Gasteiger partial charge in [-0.25, -0.2) is 4.98 Å². The highest BCUT2D eigenvalue weighted by molar-refractivity contribution is 7.18. The van der Waals surface area contributed by atoms with Crippen molar-refractivity contribution in [1.82, 2.24) is 4.98 Å². The van der Waals surface area contributed by atoms with Crippen LogP contribution < -0.4 is 0 Å². The summed E-state index contributed by atoms with van der Waals surface area (Å²) in [6.45, 7) is 4.60. The summed E-state index contributed by atoms with van der Waals surface area (Å²) in [5, 5.41) is 0.979. The third kappa shape index (κ3) is 3.34. The Morgan fingerprint density at radius 3 is 2.62 bits per heavy atom. The Balaban J connectivity index is 1.61. The summed E-state index contributed by atoms with van der Waals surface area (Å²) in [6, 6.07) is 8.13. The number of carbonyl (C=O) groups excluding carboxylic acids is 1. The highest BCUT2D eigenvalue weighted by Crippen LogP contribution is 2.34. The van der Waals surface area contributed by atoms with Gasteiger partial charge in [0.1, 0.15) is 10.8 Å². The zero-order chi connectivity index (χ0) is 14.8. The van der Waals surface area contributed by atoms with Gasteiger partial charge in [0.2, 0.25) is 0 Å². The van der Waals surface area contributed by atoms with E-state index in [0.717, 1.165) is 35.2 Å². The van der Waals surface area contributed by atoms with Crippen LogP contribution in [0.4, 0.5) is 0 Å². The maximum absolute atomic E-state index is 12.5. The minimum atomic E-state index is 0.270. The number of para-hydroxylation sites is 1. The largest absolute Gasteiger partial charge is 0.299 e. The number of thiazole rings is 1. The fourth-order valence-electron chi connectivity index (χ4n) is 3.40. The Morgan fingerprint density at radius 2 is 1.95 bits per heavy atom. The first-order chi connectivity index (χ1) is 10.1. The van der Waals surface area contributed by atoms with E-state index in [1.54, 1.807) is 11.3 Å². The van der Waals surface area contributed by atoms with Gasteiger partial charge in [0.05, 0.1) is 16.6 Å². The van der Waals surface area contributed by atoms with Gasteiger partial charge in [-0.3, -0.25) is 4.79 Å². The molecule has 1 saturated carbocycles. The van der Waals surface area contributed by atoms with Gasteiger partial charge < -0.3 is 0 Å². The molecule has 0 N–H and O–H groups in total. The van der Waals surface area contributed by atoms with Gasteiger partial charge in [-0.1, -0.05) is 26.0 Å². The van der Waals surface area contributed by atoms with Crippen LogP contribution >= 0.6 is 11.3 Å². The Hall–Kier alpha value is -1.22. The molecule has 1 heterocycles.